The molecule has 2 unspecified atom stereocenters. The molecule has 4 N–H and O–H groups in total. The zero-order valence-corrected chi connectivity index (χ0v) is 9.21. The molecule has 1 rings (SSSR count). The Morgan fingerprint density at radius 1 is 1.77 bits per heavy atom. The number of halogens is 2. The second-order valence-electron chi connectivity index (χ2n) is 3.12. The summed E-state index contributed by atoms with van der Waals surface area (Å²) in [4.78, 5) is 10.8. The van der Waals surface area contributed by atoms with E-state index in [0.717, 1.165) is 6.08 Å². The lowest BCUT2D eigenvalue weighted by Crippen LogP contribution is -2.42. The SMILES string of the molecule is CC1(I)C=C(C(N)=O)C=C(F)C1N. The monoisotopic (exact) mass is 296 g/mol. The Hall–Kier alpha value is -0.430. The number of carbonyl (C=O) groups excluding carboxylic acids is 1. The van der Waals surface area contributed by atoms with Crippen molar-refractivity contribution in [3.63, 3.8) is 0 Å². The van der Waals surface area contributed by atoms with E-state index in [9.17, 15) is 9.18 Å². The van der Waals surface area contributed by atoms with Crippen LogP contribution in [0.5, 0.6) is 0 Å². The lowest BCUT2D eigenvalue weighted by atomic mass is 9.92. The van der Waals surface area contributed by atoms with Crippen LogP contribution in [0, 0.1) is 0 Å². The molecule has 0 radical (unpaired) electrons. The van der Waals surface area contributed by atoms with Crippen molar-refractivity contribution >= 4 is 28.5 Å². The molecular formula is C8H10FIN2O. The molecule has 0 spiro atoms. The Morgan fingerprint density at radius 3 is 2.69 bits per heavy atom. The zero-order valence-electron chi connectivity index (χ0n) is 7.05. The number of primary amides is 1. The van der Waals surface area contributed by atoms with Crippen LogP contribution in [0.4, 0.5) is 4.39 Å². The first-order valence-corrected chi connectivity index (χ1v) is 4.76. The normalized spacial score (nSPS) is 33.7. The minimum absolute atomic E-state index is 0.177. The summed E-state index contributed by atoms with van der Waals surface area (Å²) in [6.07, 6.45) is 2.68. The van der Waals surface area contributed by atoms with Gasteiger partial charge in [0.25, 0.3) is 0 Å². The van der Waals surface area contributed by atoms with Gasteiger partial charge in [0.05, 0.1) is 9.46 Å². The number of hydrogen-bond donors (Lipinski definition) is 2. The Balaban J connectivity index is 3.11. The van der Waals surface area contributed by atoms with Crippen LogP contribution in [-0.4, -0.2) is 15.4 Å². The zero-order chi connectivity index (χ0) is 10.2. The maximum Gasteiger partial charge on any atom is 0.248 e. The van der Waals surface area contributed by atoms with Crippen molar-refractivity contribution in [3.05, 3.63) is 23.6 Å². The average molecular weight is 296 g/mol. The highest BCUT2D eigenvalue weighted by molar-refractivity contribution is 14.1. The predicted molar refractivity (Wildman–Crippen MR) is 56.9 cm³/mol. The second kappa shape index (κ2) is 3.38. The largest absolute Gasteiger partial charge is 0.366 e. The molecule has 0 aromatic heterocycles. The third-order valence-corrected chi connectivity index (χ3v) is 2.90. The maximum atomic E-state index is 13.2. The van der Waals surface area contributed by atoms with Crippen molar-refractivity contribution < 1.29 is 9.18 Å². The number of nitrogens with two attached hydrogens (primary N) is 2. The summed E-state index contributed by atoms with van der Waals surface area (Å²) in [5, 5.41) is 0. The molecule has 1 aliphatic rings. The number of carbonyl (C=O) groups is 1. The molecule has 0 fully saturated rings. The fourth-order valence-corrected chi connectivity index (χ4v) is 1.72. The summed E-state index contributed by atoms with van der Waals surface area (Å²) in [6.45, 7) is 1.74. The van der Waals surface area contributed by atoms with Crippen LogP contribution >= 0.6 is 22.6 Å². The van der Waals surface area contributed by atoms with Gasteiger partial charge in [0.15, 0.2) is 0 Å². The maximum absolute atomic E-state index is 13.2. The number of alkyl halides is 1. The van der Waals surface area contributed by atoms with E-state index in [1.54, 1.807) is 13.0 Å². The topological polar surface area (TPSA) is 69.1 Å². The molecule has 2 atom stereocenters. The molecule has 0 aliphatic heterocycles. The molecule has 0 aromatic carbocycles. The minimum Gasteiger partial charge on any atom is -0.366 e. The molecule has 0 saturated heterocycles. The van der Waals surface area contributed by atoms with Gasteiger partial charge >= 0.3 is 0 Å². The molecule has 0 bridgehead atoms. The number of hydrogen-bond acceptors (Lipinski definition) is 2. The second-order valence-corrected chi connectivity index (χ2v) is 5.45. The van der Waals surface area contributed by atoms with Gasteiger partial charge in [0.1, 0.15) is 5.83 Å². The van der Waals surface area contributed by atoms with Crippen molar-refractivity contribution in [3.8, 4) is 0 Å². The van der Waals surface area contributed by atoms with Gasteiger partial charge in [0.2, 0.25) is 5.91 Å². The van der Waals surface area contributed by atoms with E-state index in [1.807, 2.05) is 22.6 Å². The van der Waals surface area contributed by atoms with Crippen molar-refractivity contribution in [2.24, 2.45) is 11.5 Å². The first-order valence-electron chi connectivity index (χ1n) is 3.69. The standard InChI is InChI=1S/C8H10FIN2O/c1-8(10)3-4(7(12)13)2-5(9)6(8)11/h2-3,6H,11H2,1H3,(H2,12,13). The van der Waals surface area contributed by atoms with Gasteiger partial charge in [-0.3, -0.25) is 4.79 Å². The molecule has 5 heteroatoms. The van der Waals surface area contributed by atoms with E-state index in [2.05, 4.69) is 0 Å². The summed E-state index contributed by atoms with van der Waals surface area (Å²) >= 11 is 1.99. The first-order chi connectivity index (χ1) is 5.84. The third-order valence-electron chi connectivity index (χ3n) is 1.92. The quantitative estimate of drug-likeness (QED) is 0.555. The van der Waals surface area contributed by atoms with Crippen LogP contribution < -0.4 is 11.5 Å². The van der Waals surface area contributed by atoms with E-state index in [-0.39, 0.29) is 5.57 Å². The van der Waals surface area contributed by atoms with Crippen LogP contribution in [-0.2, 0) is 4.79 Å². The van der Waals surface area contributed by atoms with Gasteiger partial charge in [-0.25, -0.2) is 4.39 Å². The van der Waals surface area contributed by atoms with Gasteiger partial charge in [-0.1, -0.05) is 28.7 Å². The van der Waals surface area contributed by atoms with Crippen LogP contribution in [0.25, 0.3) is 0 Å². The van der Waals surface area contributed by atoms with E-state index in [4.69, 9.17) is 11.5 Å². The molecule has 3 nitrogen and oxygen atoms in total. The van der Waals surface area contributed by atoms with Gasteiger partial charge in [-0.15, -0.1) is 0 Å². The molecule has 72 valence electrons. The smallest absolute Gasteiger partial charge is 0.248 e. The van der Waals surface area contributed by atoms with Gasteiger partial charge < -0.3 is 11.5 Å². The minimum atomic E-state index is -0.712. The summed E-state index contributed by atoms with van der Waals surface area (Å²) in [6, 6.07) is -0.712. The van der Waals surface area contributed by atoms with Crippen molar-refractivity contribution in [1.82, 2.24) is 0 Å². The van der Waals surface area contributed by atoms with Crippen molar-refractivity contribution in [2.75, 3.05) is 0 Å². The Kier molecular flexibility index (Phi) is 2.76. The van der Waals surface area contributed by atoms with Crippen molar-refractivity contribution in [2.45, 2.75) is 16.4 Å². The summed E-state index contributed by atoms with van der Waals surface area (Å²) in [5.74, 6) is -1.14. The Bertz CT molecular complexity index is 309. The summed E-state index contributed by atoms with van der Waals surface area (Å²) in [7, 11) is 0. The van der Waals surface area contributed by atoms with Gasteiger partial charge in [-0.2, -0.15) is 0 Å². The van der Waals surface area contributed by atoms with Crippen LogP contribution in [0.15, 0.2) is 23.6 Å². The van der Waals surface area contributed by atoms with Crippen LogP contribution in [0.3, 0.4) is 0 Å². The number of amides is 1. The van der Waals surface area contributed by atoms with E-state index < -0.39 is 21.2 Å². The van der Waals surface area contributed by atoms with Crippen LogP contribution in [0.1, 0.15) is 6.92 Å². The predicted octanol–water partition coefficient (Wildman–Crippen LogP) is 0.786. The number of rotatable bonds is 1. The highest BCUT2D eigenvalue weighted by Crippen LogP contribution is 2.33. The molecule has 0 saturated carbocycles. The average Bonchev–Trinajstić information content (AvgIpc) is 1.99. The molecule has 13 heavy (non-hydrogen) atoms. The fourth-order valence-electron chi connectivity index (χ4n) is 1.09. The highest BCUT2D eigenvalue weighted by Gasteiger charge is 2.34. The summed E-state index contributed by atoms with van der Waals surface area (Å²) in [5.41, 5.74) is 10.8. The van der Waals surface area contributed by atoms with Crippen LogP contribution in [0.2, 0.25) is 0 Å². The Morgan fingerprint density at radius 2 is 2.31 bits per heavy atom. The van der Waals surface area contributed by atoms with Gasteiger partial charge in [-0.05, 0) is 13.0 Å². The van der Waals surface area contributed by atoms with Gasteiger partial charge in [0, 0.05) is 5.57 Å². The molecular weight excluding hydrogens is 286 g/mol. The lowest BCUT2D eigenvalue weighted by Gasteiger charge is -2.28. The summed E-state index contributed by atoms with van der Waals surface area (Å²) < 4.78 is 12.6. The first kappa shape index (κ1) is 10.6. The van der Waals surface area contributed by atoms with E-state index in [1.165, 1.54) is 0 Å². The molecule has 0 aromatic rings. The fraction of sp³-hybridized carbons (Fsp3) is 0.375. The van der Waals surface area contributed by atoms with Crippen molar-refractivity contribution in [1.29, 1.82) is 0 Å². The Labute approximate surface area is 89.2 Å². The lowest BCUT2D eigenvalue weighted by molar-refractivity contribution is -0.114. The highest BCUT2D eigenvalue weighted by atomic mass is 127. The molecule has 1 aliphatic carbocycles. The molecule has 0 heterocycles. The molecule has 1 amide bonds. The third kappa shape index (κ3) is 2.08. The van der Waals surface area contributed by atoms with E-state index in [0.29, 0.717) is 0 Å². The van der Waals surface area contributed by atoms with E-state index >= 15 is 0 Å².